The van der Waals surface area contributed by atoms with Crippen molar-refractivity contribution < 1.29 is 2.87 Å². The normalized spacial score (nSPS) is 11.6. The van der Waals surface area contributed by atoms with Gasteiger partial charge in [0.05, 0.1) is 0 Å². The van der Waals surface area contributed by atoms with E-state index in [9.17, 15) is 2.87 Å². The fourth-order valence-electron chi connectivity index (χ4n) is 4.36. The van der Waals surface area contributed by atoms with E-state index in [-0.39, 0.29) is 0 Å². The molecule has 0 unspecified atom stereocenters. The fraction of sp³-hybridized carbons (Fsp3) is 0.400. The molecule has 184 valence electrons. The average Bonchev–Trinajstić information content (AvgIpc) is 2.91. The molecule has 0 saturated carbocycles. The van der Waals surface area contributed by atoms with E-state index in [0.29, 0.717) is 0 Å². The molecule has 3 aromatic carbocycles. The van der Waals surface area contributed by atoms with Crippen molar-refractivity contribution in [1.82, 2.24) is 0 Å². The maximum atomic E-state index is 14.6. The molecule has 0 aliphatic rings. The third-order valence-electron chi connectivity index (χ3n) is 6.45. The molecule has 0 aliphatic carbocycles. The van der Waals surface area contributed by atoms with Gasteiger partial charge in [0.25, 0.3) is 0 Å². The molecule has 0 heterocycles. The summed E-state index contributed by atoms with van der Waals surface area (Å²) in [5, 5.41) is 0. The molecular formula is C30H42ClFSn2. The summed E-state index contributed by atoms with van der Waals surface area (Å²) in [5.41, 5.74) is 0. The van der Waals surface area contributed by atoms with Crippen LogP contribution in [0.5, 0.6) is 0 Å². The first-order chi connectivity index (χ1) is 16.5. The van der Waals surface area contributed by atoms with Gasteiger partial charge in [0.15, 0.2) is 0 Å². The van der Waals surface area contributed by atoms with Crippen LogP contribution in [0.15, 0.2) is 91.0 Å². The number of hydrogen-bond acceptors (Lipinski definition) is 0. The summed E-state index contributed by atoms with van der Waals surface area (Å²) < 4.78 is 21.4. The summed E-state index contributed by atoms with van der Waals surface area (Å²) in [6.45, 7) is 6.52. The molecule has 0 bridgehead atoms. The molecular weight excluding hydrogens is 652 g/mol. The Morgan fingerprint density at radius 2 is 0.794 bits per heavy atom. The van der Waals surface area contributed by atoms with Crippen LogP contribution in [0.1, 0.15) is 59.3 Å². The van der Waals surface area contributed by atoms with Crippen LogP contribution in [0.25, 0.3) is 0 Å². The molecule has 0 aliphatic heterocycles. The Balaban J connectivity index is 0.000000259. The van der Waals surface area contributed by atoms with Crippen LogP contribution in [0, 0.1) is 0 Å². The molecule has 0 saturated heterocycles. The minimum absolute atomic E-state index is 0.991. The first-order valence-electron chi connectivity index (χ1n) is 13.0. The van der Waals surface area contributed by atoms with E-state index in [1.54, 1.807) is 0 Å². The van der Waals surface area contributed by atoms with Crippen LogP contribution >= 0.6 is 8.92 Å². The molecule has 0 radical (unpaired) electrons. The van der Waals surface area contributed by atoms with E-state index >= 15 is 0 Å². The van der Waals surface area contributed by atoms with E-state index < -0.39 is 36.2 Å². The zero-order valence-electron chi connectivity index (χ0n) is 21.3. The van der Waals surface area contributed by atoms with Gasteiger partial charge in [-0.1, -0.05) is 0 Å². The molecule has 0 spiro atoms. The van der Waals surface area contributed by atoms with Gasteiger partial charge in [-0.3, -0.25) is 0 Å². The molecule has 0 aromatic heterocycles. The summed E-state index contributed by atoms with van der Waals surface area (Å²) in [7, 11) is 7.33. The van der Waals surface area contributed by atoms with Gasteiger partial charge in [-0.2, -0.15) is 0 Å². The third-order valence-corrected chi connectivity index (χ3v) is 31.2. The second kappa shape index (κ2) is 16.3. The second-order valence-corrected chi connectivity index (χ2v) is 32.6. The van der Waals surface area contributed by atoms with Gasteiger partial charge in [-0.05, 0) is 0 Å². The van der Waals surface area contributed by atoms with Crippen molar-refractivity contribution in [2.75, 3.05) is 0 Å². The topological polar surface area (TPSA) is 0 Å². The molecule has 0 N–H and O–H groups in total. The molecule has 34 heavy (non-hydrogen) atoms. The van der Waals surface area contributed by atoms with Crippen molar-refractivity contribution in [2.24, 2.45) is 0 Å². The first-order valence-corrected chi connectivity index (χ1v) is 28.1. The zero-order valence-corrected chi connectivity index (χ0v) is 27.7. The van der Waals surface area contributed by atoms with Crippen LogP contribution in [0.2, 0.25) is 13.3 Å². The molecule has 4 heteroatoms. The number of benzene rings is 3. The van der Waals surface area contributed by atoms with Crippen molar-refractivity contribution in [2.45, 2.75) is 72.6 Å². The summed E-state index contributed by atoms with van der Waals surface area (Å²) in [5.74, 6) is 0. The van der Waals surface area contributed by atoms with E-state index in [4.69, 9.17) is 8.92 Å². The maximum absolute atomic E-state index is 14.6. The molecule has 0 fully saturated rings. The van der Waals surface area contributed by atoms with Crippen molar-refractivity contribution in [1.29, 1.82) is 0 Å². The van der Waals surface area contributed by atoms with Crippen LogP contribution < -0.4 is 10.7 Å². The van der Waals surface area contributed by atoms with E-state index in [0.717, 1.165) is 32.6 Å². The number of rotatable bonds is 12. The van der Waals surface area contributed by atoms with Gasteiger partial charge >= 0.3 is 222 Å². The summed E-state index contributed by atoms with van der Waals surface area (Å²) in [6.07, 6.45) is 6.92. The quantitative estimate of drug-likeness (QED) is 0.168. The van der Waals surface area contributed by atoms with Crippen LogP contribution in [0.4, 0.5) is 2.87 Å². The molecule has 0 amide bonds. The Labute approximate surface area is 220 Å². The van der Waals surface area contributed by atoms with Crippen LogP contribution in [-0.2, 0) is 0 Å². The summed E-state index contributed by atoms with van der Waals surface area (Å²) >= 11 is -6.37. The molecule has 3 aromatic rings. The zero-order chi connectivity index (χ0) is 24.7. The number of halogens is 2. The first kappa shape index (κ1) is 29.7. The molecule has 0 atom stereocenters. The predicted octanol–water partition coefficient (Wildman–Crippen LogP) is 8.19. The molecule has 0 nitrogen and oxygen atoms in total. The second-order valence-electron chi connectivity index (χ2n) is 9.22. The fourth-order valence-corrected chi connectivity index (χ4v) is 25.9. The Hall–Kier alpha value is -0.523. The Kier molecular flexibility index (Phi) is 14.2. The number of unbranched alkanes of at least 4 members (excludes halogenated alkanes) is 3. The Morgan fingerprint density at radius 1 is 0.529 bits per heavy atom. The van der Waals surface area contributed by atoms with Crippen molar-refractivity contribution in [3.05, 3.63) is 91.0 Å². The van der Waals surface area contributed by atoms with Gasteiger partial charge in [-0.25, -0.2) is 0 Å². The van der Waals surface area contributed by atoms with Gasteiger partial charge in [0, 0.05) is 0 Å². The van der Waals surface area contributed by atoms with E-state index in [1.165, 1.54) is 30.0 Å². The summed E-state index contributed by atoms with van der Waals surface area (Å²) in [4.78, 5) is 0. The predicted molar refractivity (Wildman–Crippen MR) is 156 cm³/mol. The van der Waals surface area contributed by atoms with Crippen molar-refractivity contribution in [3.63, 3.8) is 0 Å². The van der Waals surface area contributed by atoms with Gasteiger partial charge in [-0.15, -0.1) is 0 Å². The monoisotopic (exact) mass is 696 g/mol. The van der Waals surface area contributed by atoms with Gasteiger partial charge in [0.1, 0.15) is 0 Å². The van der Waals surface area contributed by atoms with E-state index in [1.807, 2.05) is 18.2 Å². The minimum atomic E-state index is -3.30. The van der Waals surface area contributed by atoms with Crippen LogP contribution in [-0.4, -0.2) is 36.2 Å². The van der Waals surface area contributed by atoms with Gasteiger partial charge < -0.3 is 0 Å². The Morgan fingerprint density at radius 3 is 1.03 bits per heavy atom. The SMILES string of the molecule is CCC[CH2][Sn]([F])([CH2]CCC)[CH2]CCC.[Cl][Sn]([c]1ccccc1)([c]1ccccc1)[c]1ccccc1. The van der Waals surface area contributed by atoms with Gasteiger partial charge in [0.2, 0.25) is 0 Å². The standard InChI is InChI=1S/3C6H5.3C4H9.ClH.FH.2Sn/c3*1-2-4-6-5-3-1;3*1-3-4-2;;;;/h3*1-5H;3*1,3-4H2,2H3;2*1H;;/q;;;;;;;;2*+1/p-2. The Bertz CT molecular complexity index is 784. The molecule has 3 rings (SSSR count). The van der Waals surface area contributed by atoms with Crippen LogP contribution in [0.3, 0.4) is 0 Å². The van der Waals surface area contributed by atoms with E-state index in [2.05, 4.69) is 93.6 Å². The van der Waals surface area contributed by atoms with Crippen molar-refractivity contribution in [3.8, 4) is 0 Å². The van der Waals surface area contributed by atoms with Crippen molar-refractivity contribution >= 4 is 55.9 Å². The third kappa shape index (κ3) is 9.17. The average molecular weight is 695 g/mol. The number of hydrogen-bond donors (Lipinski definition) is 0. The summed E-state index contributed by atoms with van der Waals surface area (Å²) in [6, 6.07) is 31.6.